The minimum absolute atomic E-state index is 0.0993. The van der Waals surface area contributed by atoms with Crippen LogP contribution in [-0.2, 0) is 14.8 Å². The Morgan fingerprint density at radius 3 is 2.08 bits per heavy atom. The number of sulfonamides is 1. The molecular weight excluding hydrogens is 476 g/mol. The molecule has 1 N–H and O–H groups in total. The molecule has 8 heteroatoms. The number of nitrogens with one attached hydrogen (secondary N) is 1. The zero-order chi connectivity index (χ0) is 26.5. The Balaban J connectivity index is 1.98. The molecule has 0 aliphatic rings. The minimum atomic E-state index is -4.06. The second-order valence-corrected chi connectivity index (χ2v) is 10.6. The van der Waals surface area contributed by atoms with Crippen LogP contribution in [0.25, 0.3) is 0 Å². The summed E-state index contributed by atoms with van der Waals surface area (Å²) < 4.78 is 39.5. The van der Waals surface area contributed by atoms with Crippen LogP contribution < -0.4 is 19.1 Å². The molecule has 0 saturated heterocycles. The first-order chi connectivity index (χ1) is 17.1. The van der Waals surface area contributed by atoms with Crippen LogP contribution in [0.3, 0.4) is 0 Å². The highest BCUT2D eigenvalue weighted by Gasteiger charge is 2.30. The molecule has 0 saturated carbocycles. The number of benzene rings is 3. The highest BCUT2D eigenvalue weighted by Crippen LogP contribution is 2.33. The quantitative estimate of drug-likeness (QED) is 0.411. The number of carbonyl (C=O) groups is 1. The summed E-state index contributed by atoms with van der Waals surface area (Å²) in [7, 11) is -0.971. The molecular formula is C28H34N2O5S. The summed E-state index contributed by atoms with van der Waals surface area (Å²) in [5.74, 6) is 0.707. The van der Waals surface area contributed by atoms with Crippen LogP contribution in [0.5, 0.6) is 11.5 Å². The molecule has 0 spiro atoms. The van der Waals surface area contributed by atoms with Crippen molar-refractivity contribution in [2.75, 3.05) is 25.1 Å². The van der Waals surface area contributed by atoms with Gasteiger partial charge in [0.2, 0.25) is 5.91 Å². The van der Waals surface area contributed by atoms with Gasteiger partial charge in [0, 0.05) is 0 Å². The van der Waals surface area contributed by atoms with Gasteiger partial charge in [-0.3, -0.25) is 9.10 Å². The van der Waals surface area contributed by atoms with E-state index in [1.807, 2.05) is 52.0 Å². The lowest BCUT2D eigenvalue weighted by molar-refractivity contribution is -0.120. The average Bonchev–Trinajstić information content (AvgIpc) is 2.86. The van der Waals surface area contributed by atoms with Gasteiger partial charge in [-0.25, -0.2) is 8.42 Å². The van der Waals surface area contributed by atoms with Crippen molar-refractivity contribution in [3.05, 3.63) is 82.9 Å². The summed E-state index contributed by atoms with van der Waals surface area (Å²) in [5, 5.41) is 3.01. The molecule has 0 radical (unpaired) electrons. The second-order valence-electron chi connectivity index (χ2n) is 8.76. The van der Waals surface area contributed by atoms with Gasteiger partial charge in [-0.05, 0) is 74.2 Å². The molecule has 3 aromatic rings. The van der Waals surface area contributed by atoms with Crippen molar-refractivity contribution in [3.63, 3.8) is 0 Å². The molecule has 192 valence electrons. The molecule has 7 nitrogen and oxygen atoms in total. The largest absolute Gasteiger partial charge is 0.496 e. The van der Waals surface area contributed by atoms with Gasteiger partial charge in [0.05, 0.1) is 30.8 Å². The van der Waals surface area contributed by atoms with E-state index in [-0.39, 0.29) is 10.9 Å². The van der Waals surface area contributed by atoms with Gasteiger partial charge < -0.3 is 14.8 Å². The number of hydrogen-bond acceptors (Lipinski definition) is 5. The van der Waals surface area contributed by atoms with E-state index in [2.05, 4.69) is 5.32 Å². The number of methoxy groups -OCH3 is 2. The van der Waals surface area contributed by atoms with Gasteiger partial charge in [-0.15, -0.1) is 0 Å². The van der Waals surface area contributed by atoms with Crippen molar-refractivity contribution in [3.8, 4) is 11.5 Å². The van der Waals surface area contributed by atoms with Gasteiger partial charge in [-0.1, -0.05) is 42.8 Å². The molecule has 1 atom stereocenters. The fourth-order valence-corrected chi connectivity index (χ4v) is 5.47. The predicted octanol–water partition coefficient (Wildman–Crippen LogP) is 5.09. The third-order valence-electron chi connectivity index (χ3n) is 6.06. The Morgan fingerprint density at radius 2 is 1.50 bits per heavy atom. The molecule has 0 unspecified atom stereocenters. The highest BCUT2D eigenvalue weighted by atomic mass is 32.2. The Labute approximate surface area is 214 Å². The van der Waals surface area contributed by atoms with Crippen molar-refractivity contribution >= 4 is 21.6 Å². The molecule has 0 bridgehead atoms. The van der Waals surface area contributed by atoms with Crippen molar-refractivity contribution in [2.45, 2.75) is 45.1 Å². The van der Waals surface area contributed by atoms with Crippen molar-refractivity contribution in [2.24, 2.45) is 0 Å². The molecule has 0 aliphatic carbocycles. The van der Waals surface area contributed by atoms with Crippen LogP contribution in [0.1, 0.15) is 41.6 Å². The Hall–Kier alpha value is -3.52. The monoisotopic (exact) mass is 510 g/mol. The second kappa shape index (κ2) is 11.5. The Bertz CT molecular complexity index is 1320. The van der Waals surface area contributed by atoms with Crippen LogP contribution in [0, 0.1) is 20.8 Å². The van der Waals surface area contributed by atoms with Gasteiger partial charge >= 0.3 is 0 Å². The Kier molecular flexibility index (Phi) is 8.63. The number of hydrogen-bond donors (Lipinski definition) is 1. The van der Waals surface area contributed by atoms with Gasteiger partial charge in [-0.2, -0.15) is 0 Å². The molecule has 36 heavy (non-hydrogen) atoms. The highest BCUT2D eigenvalue weighted by molar-refractivity contribution is 7.92. The van der Waals surface area contributed by atoms with Crippen molar-refractivity contribution in [1.82, 2.24) is 5.32 Å². The van der Waals surface area contributed by atoms with Crippen molar-refractivity contribution in [1.29, 1.82) is 0 Å². The maximum atomic E-state index is 13.8. The summed E-state index contributed by atoms with van der Waals surface area (Å²) in [4.78, 5) is 13.4. The van der Waals surface area contributed by atoms with Gasteiger partial charge in [0.15, 0.2) is 0 Å². The topological polar surface area (TPSA) is 84.9 Å². The summed E-state index contributed by atoms with van der Waals surface area (Å²) >= 11 is 0. The third-order valence-corrected chi connectivity index (χ3v) is 7.84. The molecule has 0 fully saturated rings. The van der Waals surface area contributed by atoms with E-state index in [1.165, 1.54) is 7.11 Å². The van der Waals surface area contributed by atoms with Crippen LogP contribution in [0.2, 0.25) is 0 Å². The SMILES string of the molecule is CC[C@@H](NC(=O)CN(c1cc(C)ccc1OC)S(=O)(=O)c1ccc(C)cc1)c1ccc(OC)c(C)c1. The Morgan fingerprint density at radius 1 is 0.889 bits per heavy atom. The van der Waals surface area contributed by atoms with E-state index in [9.17, 15) is 13.2 Å². The fourth-order valence-electron chi connectivity index (χ4n) is 4.04. The van der Waals surface area contributed by atoms with E-state index in [0.717, 1.165) is 32.3 Å². The maximum absolute atomic E-state index is 13.8. The van der Waals surface area contributed by atoms with Crippen LogP contribution in [-0.4, -0.2) is 35.1 Å². The molecule has 3 aromatic carbocycles. The van der Waals surface area contributed by atoms with Crippen LogP contribution >= 0.6 is 0 Å². The van der Waals surface area contributed by atoms with Gasteiger partial charge in [0.1, 0.15) is 18.0 Å². The van der Waals surface area contributed by atoms with Crippen LogP contribution in [0.4, 0.5) is 5.69 Å². The van der Waals surface area contributed by atoms with Crippen molar-refractivity contribution < 1.29 is 22.7 Å². The maximum Gasteiger partial charge on any atom is 0.264 e. The number of ether oxygens (including phenoxy) is 2. The smallest absolute Gasteiger partial charge is 0.264 e. The first-order valence-electron chi connectivity index (χ1n) is 11.8. The number of aryl methyl sites for hydroxylation is 3. The lowest BCUT2D eigenvalue weighted by atomic mass is 10.0. The zero-order valence-corrected chi connectivity index (χ0v) is 22.5. The predicted molar refractivity (Wildman–Crippen MR) is 142 cm³/mol. The number of nitrogens with zero attached hydrogens (tertiary/aromatic N) is 1. The van der Waals surface area contributed by atoms with E-state index in [4.69, 9.17) is 9.47 Å². The summed E-state index contributed by atoms with van der Waals surface area (Å²) in [6.07, 6.45) is 0.635. The molecule has 1 amide bonds. The summed E-state index contributed by atoms with van der Waals surface area (Å²) in [6, 6.07) is 17.3. The fraction of sp³-hybridized carbons (Fsp3) is 0.321. The lowest BCUT2D eigenvalue weighted by Gasteiger charge is -2.27. The number of anilines is 1. The van der Waals surface area contributed by atoms with E-state index in [0.29, 0.717) is 17.9 Å². The number of carbonyl (C=O) groups excluding carboxylic acids is 1. The normalized spacial score (nSPS) is 12.1. The average molecular weight is 511 g/mol. The lowest BCUT2D eigenvalue weighted by Crippen LogP contribution is -2.42. The van der Waals surface area contributed by atoms with Crippen LogP contribution in [0.15, 0.2) is 65.6 Å². The third kappa shape index (κ3) is 5.99. The first-order valence-corrected chi connectivity index (χ1v) is 13.2. The van der Waals surface area contributed by atoms with E-state index in [1.54, 1.807) is 43.5 Å². The van der Waals surface area contributed by atoms with E-state index >= 15 is 0 Å². The molecule has 0 aliphatic heterocycles. The molecule has 3 rings (SSSR count). The molecule has 0 aromatic heterocycles. The standard InChI is InChI=1S/C28H34N2O5S/c1-7-24(22-11-15-26(34-5)21(4)17-22)29-28(31)18-30(25-16-20(3)10-14-27(25)35-6)36(32,33)23-12-8-19(2)9-13-23/h8-17,24H,7,18H2,1-6H3,(H,29,31)/t24-/m1/s1. The van der Waals surface area contributed by atoms with Gasteiger partial charge in [0.25, 0.3) is 10.0 Å². The molecule has 0 heterocycles. The zero-order valence-electron chi connectivity index (χ0n) is 21.7. The minimum Gasteiger partial charge on any atom is -0.496 e. The summed E-state index contributed by atoms with van der Waals surface area (Å²) in [5.41, 5.74) is 3.96. The number of amides is 1. The number of rotatable bonds is 10. The first kappa shape index (κ1) is 27.1. The van der Waals surface area contributed by atoms with E-state index < -0.39 is 22.5 Å². The summed E-state index contributed by atoms with van der Waals surface area (Å²) in [6.45, 7) is 7.25.